The Bertz CT molecular complexity index is 1340. The number of aliphatic hydroxyl groups is 1. The summed E-state index contributed by atoms with van der Waals surface area (Å²) in [5.74, 6) is 0.637. The molecule has 0 aliphatic rings. The Balaban J connectivity index is 1.63. The molecule has 0 bridgehead atoms. The van der Waals surface area contributed by atoms with Crippen LogP contribution in [0.25, 0.3) is 11.2 Å². The highest BCUT2D eigenvalue weighted by atomic mass is 16.5. The van der Waals surface area contributed by atoms with Gasteiger partial charge in [0, 0.05) is 6.54 Å². The molecular formula is C30H31N5O2. The van der Waals surface area contributed by atoms with Crippen LogP contribution in [0.5, 0.6) is 0 Å². The molecule has 2 aromatic heterocycles. The van der Waals surface area contributed by atoms with Crippen molar-refractivity contribution in [1.29, 1.82) is 0 Å². The van der Waals surface area contributed by atoms with Gasteiger partial charge in [0.1, 0.15) is 11.9 Å². The lowest BCUT2D eigenvalue weighted by molar-refractivity contribution is -0.136. The number of nitrogens with one attached hydrogen (secondary N) is 1. The second kappa shape index (κ2) is 10.5. The van der Waals surface area contributed by atoms with Gasteiger partial charge >= 0.3 is 0 Å². The second-order valence-electron chi connectivity index (χ2n) is 8.94. The molecule has 0 aliphatic heterocycles. The van der Waals surface area contributed by atoms with E-state index in [4.69, 9.17) is 4.74 Å². The monoisotopic (exact) mass is 493 g/mol. The van der Waals surface area contributed by atoms with Gasteiger partial charge in [0.05, 0.1) is 12.9 Å². The van der Waals surface area contributed by atoms with E-state index in [0.717, 1.165) is 16.7 Å². The number of imidazole rings is 1. The van der Waals surface area contributed by atoms with Crippen molar-refractivity contribution in [2.45, 2.75) is 31.6 Å². The number of hydrogen-bond acceptors (Lipinski definition) is 6. The molecule has 2 N–H and O–H groups in total. The number of aromatic nitrogens is 4. The molecular weight excluding hydrogens is 462 g/mol. The van der Waals surface area contributed by atoms with Gasteiger partial charge in [0.25, 0.3) is 0 Å². The molecule has 2 heterocycles. The second-order valence-corrected chi connectivity index (χ2v) is 8.94. The Morgan fingerprint density at radius 3 is 1.81 bits per heavy atom. The Labute approximate surface area is 216 Å². The number of nitrogens with zero attached hydrogens (tertiary/aromatic N) is 4. The largest absolute Gasteiger partial charge is 0.368 e. The zero-order valence-electron chi connectivity index (χ0n) is 21.1. The molecule has 3 aromatic carbocycles. The maximum Gasteiger partial charge on any atom is 0.167 e. The molecule has 0 spiro atoms. The lowest BCUT2D eigenvalue weighted by atomic mass is 9.80. The lowest BCUT2D eigenvalue weighted by Crippen LogP contribution is -2.43. The molecule has 1 unspecified atom stereocenters. The summed E-state index contributed by atoms with van der Waals surface area (Å²) in [6.07, 6.45) is 3.48. The smallest absolute Gasteiger partial charge is 0.167 e. The highest BCUT2D eigenvalue weighted by molar-refractivity contribution is 5.82. The van der Waals surface area contributed by atoms with E-state index in [1.807, 2.05) is 68.4 Å². The van der Waals surface area contributed by atoms with Crippen LogP contribution in [0.2, 0.25) is 0 Å². The van der Waals surface area contributed by atoms with Crippen LogP contribution >= 0.6 is 0 Å². The third kappa shape index (κ3) is 4.48. The van der Waals surface area contributed by atoms with E-state index in [2.05, 4.69) is 56.7 Å². The van der Waals surface area contributed by atoms with E-state index in [1.54, 1.807) is 10.9 Å². The first-order chi connectivity index (χ1) is 18.1. The fourth-order valence-electron chi connectivity index (χ4n) is 4.77. The van der Waals surface area contributed by atoms with E-state index in [-0.39, 0.29) is 6.61 Å². The predicted molar refractivity (Wildman–Crippen MR) is 145 cm³/mol. The lowest BCUT2D eigenvalue weighted by Gasteiger charge is -2.39. The normalized spacial score (nSPS) is 13.4. The van der Waals surface area contributed by atoms with Crippen LogP contribution in [0.4, 0.5) is 5.82 Å². The topological polar surface area (TPSA) is 85.1 Å². The molecule has 7 nitrogen and oxygen atoms in total. The fourth-order valence-corrected chi connectivity index (χ4v) is 4.77. The molecule has 0 radical (unpaired) electrons. The first-order valence-electron chi connectivity index (χ1n) is 12.6. The third-order valence-electron chi connectivity index (χ3n) is 6.75. The molecule has 0 aliphatic carbocycles. The van der Waals surface area contributed by atoms with Crippen molar-refractivity contribution in [3.8, 4) is 0 Å². The van der Waals surface area contributed by atoms with E-state index in [1.165, 1.54) is 6.33 Å². The van der Waals surface area contributed by atoms with Crippen LogP contribution in [0.15, 0.2) is 104 Å². The highest BCUT2D eigenvalue weighted by Crippen LogP contribution is 2.41. The number of anilines is 1. The molecule has 0 saturated carbocycles. The molecule has 1 atom stereocenters. The SMILES string of the molecule is CCNc1ncnc2c1ncn2C(O)(CC)COC(c1ccccc1)(c1ccccc1)c1ccccc1. The van der Waals surface area contributed by atoms with Gasteiger partial charge in [0.2, 0.25) is 0 Å². The summed E-state index contributed by atoms with van der Waals surface area (Å²) in [7, 11) is 0. The van der Waals surface area contributed by atoms with Crippen LogP contribution < -0.4 is 5.32 Å². The van der Waals surface area contributed by atoms with Gasteiger partial charge in [-0.15, -0.1) is 0 Å². The minimum absolute atomic E-state index is 0.00577. The summed E-state index contributed by atoms with van der Waals surface area (Å²) in [6.45, 7) is 4.62. The molecule has 5 rings (SSSR count). The van der Waals surface area contributed by atoms with Crippen LogP contribution in [0.1, 0.15) is 37.0 Å². The van der Waals surface area contributed by atoms with E-state index in [9.17, 15) is 5.11 Å². The predicted octanol–water partition coefficient (Wildman–Crippen LogP) is 5.32. The first kappa shape index (κ1) is 24.6. The van der Waals surface area contributed by atoms with Crippen LogP contribution in [0.3, 0.4) is 0 Å². The van der Waals surface area contributed by atoms with Gasteiger partial charge in [-0.2, -0.15) is 0 Å². The Hall–Kier alpha value is -4.07. The average Bonchev–Trinajstić information content (AvgIpc) is 3.41. The minimum Gasteiger partial charge on any atom is -0.368 e. The van der Waals surface area contributed by atoms with Crippen molar-refractivity contribution >= 4 is 17.0 Å². The Morgan fingerprint density at radius 1 is 0.784 bits per heavy atom. The van der Waals surface area contributed by atoms with Crippen molar-refractivity contribution < 1.29 is 9.84 Å². The fraction of sp³-hybridized carbons (Fsp3) is 0.233. The van der Waals surface area contributed by atoms with Crippen molar-refractivity contribution in [2.24, 2.45) is 0 Å². The minimum atomic E-state index is -1.41. The molecule has 5 aromatic rings. The van der Waals surface area contributed by atoms with Crippen LogP contribution in [-0.4, -0.2) is 37.8 Å². The summed E-state index contributed by atoms with van der Waals surface area (Å²) < 4.78 is 8.63. The van der Waals surface area contributed by atoms with Crippen molar-refractivity contribution in [3.63, 3.8) is 0 Å². The summed E-state index contributed by atoms with van der Waals surface area (Å²) in [4.78, 5) is 13.3. The van der Waals surface area contributed by atoms with Crippen LogP contribution in [0, 0.1) is 0 Å². The quantitative estimate of drug-likeness (QED) is 0.256. The molecule has 188 valence electrons. The van der Waals surface area contributed by atoms with Gasteiger partial charge in [-0.3, -0.25) is 4.57 Å². The highest BCUT2D eigenvalue weighted by Gasteiger charge is 2.41. The molecule has 0 saturated heterocycles. The molecule has 7 heteroatoms. The van der Waals surface area contributed by atoms with Crippen LogP contribution in [-0.2, 0) is 16.1 Å². The maximum absolute atomic E-state index is 12.0. The van der Waals surface area contributed by atoms with Gasteiger partial charge in [-0.05, 0) is 30.0 Å². The summed E-state index contributed by atoms with van der Waals surface area (Å²) in [6, 6.07) is 30.4. The summed E-state index contributed by atoms with van der Waals surface area (Å²) in [5.41, 5.74) is 1.71. The maximum atomic E-state index is 12.0. The summed E-state index contributed by atoms with van der Waals surface area (Å²) >= 11 is 0. The van der Waals surface area contributed by atoms with Gasteiger partial charge in [-0.25, -0.2) is 15.0 Å². The zero-order valence-corrected chi connectivity index (χ0v) is 21.1. The number of hydrogen-bond donors (Lipinski definition) is 2. The number of benzene rings is 3. The average molecular weight is 494 g/mol. The Morgan fingerprint density at radius 2 is 1.32 bits per heavy atom. The van der Waals surface area contributed by atoms with Crippen molar-refractivity contribution in [3.05, 3.63) is 120 Å². The molecule has 0 amide bonds. The molecule has 37 heavy (non-hydrogen) atoms. The zero-order chi connectivity index (χ0) is 25.7. The van der Waals surface area contributed by atoms with Gasteiger partial charge in [-0.1, -0.05) is 97.9 Å². The van der Waals surface area contributed by atoms with E-state index < -0.39 is 11.3 Å². The number of ether oxygens (including phenoxy) is 1. The van der Waals surface area contributed by atoms with E-state index >= 15 is 0 Å². The van der Waals surface area contributed by atoms with E-state index in [0.29, 0.717) is 29.9 Å². The summed E-state index contributed by atoms with van der Waals surface area (Å²) in [5, 5.41) is 15.2. The molecule has 0 fully saturated rings. The van der Waals surface area contributed by atoms with Crippen molar-refractivity contribution in [2.75, 3.05) is 18.5 Å². The standard InChI is InChI=1S/C30H31N5O2/c1-3-29(36,35-22-34-26-27(31-4-2)32-21-33-28(26)35)20-37-30(23-14-8-5-9-15-23,24-16-10-6-11-17-24)25-18-12-7-13-19-25/h5-19,21-22,36H,3-4,20H2,1-2H3,(H,31,32,33). The third-order valence-corrected chi connectivity index (χ3v) is 6.75. The van der Waals surface area contributed by atoms with Gasteiger partial charge < -0.3 is 15.2 Å². The Kier molecular flexibility index (Phi) is 6.99. The van der Waals surface area contributed by atoms with Gasteiger partial charge in [0.15, 0.2) is 22.7 Å². The first-order valence-corrected chi connectivity index (χ1v) is 12.6. The van der Waals surface area contributed by atoms with Crippen molar-refractivity contribution in [1.82, 2.24) is 19.5 Å². The number of rotatable bonds is 10. The number of fused-ring (bicyclic) bond motifs is 1.